The van der Waals surface area contributed by atoms with Crippen LogP contribution in [0.15, 0.2) is 18.2 Å². The number of aromatic nitrogens is 1. The van der Waals surface area contributed by atoms with Crippen molar-refractivity contribution in [3.8, 4) is 0 Å². The smallest absolute Gasteiger partial charge is 0.260 e. The van der Waals surface area contributed by atoms with Crippen LogP contribution in [0.1, 0.15) is 40.7 Å². The number of nitrogens with one attached hydrogen (secondary N) is 1. The van der Waals surface area contributed by atoms with Gasteiger partial charge < -0.3 is 0 Å². The number of benzene rings is 1. The number of amides is 1. The number of anilines is 1. The third-order valence-electron chi connectivity index (χ3n) is 4.53. The van der Waals surface area contributed by atoms with Crippen LogP contribution in [0.5, 0.6) is 0 Å². The summed E-state index contributed by atoms with van der Waals surface area (Å²) in [6, 6.07) is 2.82. The molecule has 1 saturated heterocycles. The van der Waals surface area contributed by atoms with Gasteiger partial charge in [0.05, 0.1) is 11.3 Å². The zero-order valence-corrected chi connectivity index (χ0v) is 15.1. The van der Waals surface area contributed by atoms with Crippen LogP contribution in [0, 0.1) is 24.5 Å². The predicted octanol–water partition coefficient (Wildman–Crippen LogP) is 4.21. The second-order valence-corrected chi connectivity index (χ2v) is 7.65. The number of carbonyl (C=O) groups excluding carboxylic acids is 1. The van der Waals surface area contributed by atoms with Crippen molar-refractivity contribution in [1.82, 2.24) is 9.88 Å². The summed E-state index contributed by atoms with van der Waals surface area (Å²) in [6.07, 6.45) is 2.39. The van der Waals surface area contributed by atoms with E-state index in [-0.39, 0.29) is 5.56 Å². The molecule has 1 aliphatic heterocycles. The summed E-state index contributed by atoms with van der Waals surface area (Å²) in [5, 5.41) is 2.98. The number of halogens is 2. The predicted molar refractivity (Wildman–Crippen MR) is 94.8 cm³/mol. The summed E-state index contributed by atoms with van der Waals surface area (Å²) in [7, 11) is 0. The normalized spacial score (nSPS) is 16.2. The number of hydrogen-bond donors (Lipinski definition) is 1. The van der Waals surface area contributed by atoms with Crippen molar-refractivity contribution in [3.05, 3.63) is 46.0 Å². The number of thiazole rings is 1. The van der Waals surface area contributed by atoms with E-state index < -0.39 is 17.5 Å². The number of hydrogen-bond acceptors (Lipinski definition) is 4. The van der Waals surface area contributed by atoms with Gasteiger partial charge in [-0.25, -0.2) is 13.8 Å². The summed E-state index contributed by atoms with van der Waals surface area (Å²) < 4.78 is 26.9. The first-order valence-electron chi connectivity index (χ1n) is 8.37. The molecule has 2 aromatic rings. The van der Waals surface area contributed by atoms with E-state index in [1.807, 2.05) is 6.92 Å². The maximum Gasteiger partial charge on any atom is 0.260 e. The lowest BCUT2D eigenvalue weighted by Gasteiger charge is -2.29. The molecule has 0 saturated carbocycles. The van der Waals surface area contributed by atoms with Crippen molar-refractivity contribution in [2.24, 2.45) is 5.92 Å². The van der Waals surface area contributed by atoms with Gasteiger partial charge in [-0.15, -0.1) is 11.3 Å². The van der Waals surface area contributed by atoms with Crippen molar-refractivity contribution in [1.29, 1.82) is 0 Å². The van der Waals surface area contributed by atoms with Crippen LogP contribution in [-0.2, 0) is 6.54 Å². The van der Waals surface area contributed by atoms with E-state index >= 15 is 0 Å². The van der Waals surface area contributed by atoms with Crippen LogP contribution in [-0.4, -0.2) is 28.9 Å². The number of piperidine rings is 1. The monoisotopic (exact) mass is 365 g/mol. The molecule has 1 fully saturated rings. The van der Waals surface area contributed by atoms with Crippen molar-refractivity contribution in [2.75, 3.05) is 18.4 Å². The molecular formula is C18H21F2N3OS. The Morgan fingerprint density at radius 1 is 1.36 bits per heavy atom. The average molecular weight is 365 g/mol. The van der Waals surface area contributed by atoms with Gasteiger partial charge in [0, 0.05) is 11.4 Å². The molecule has 1 amide bonds. The molecule has 134 valence electrons. The van der Waals surface area contributed by atoms with Crippen LogP contribution in [0.4, 0.5) is 13.9 Å². The van der Waals surface area contributed by atoms with E-state index in [4.69, 9.17) is 0 Å². The molecule has 25 heavy (non-hydrogen) atoms. The molecule has 7 heteroatoms. The summed E-state index contributed by atoms with van der Waals surface area (Å²) in [5.74, 6) is -1.32. The first kappa shape index (κ1) is 17.9. The first-order valence-corrected chi connectivity index (χ1v) is 9.19. The van der Waals surface area contributed by atoms with E-state index in [9.17, 15) is 13.6 Å². The third-order valence-corrected chi connectivity index (χ3v) is 5.59. The Morgan fingerprint density at radius 3 is 2.80 bits per heavy atom. The van der Waals surface area contributed by atoms with E-state index in [0.717, 1.165) is 54.3 Å². The standard InChI is InChI=1S/C18H21F2N3OS/c1-11-5-7-23(8-6-11)10-16-12(2)21-18(25-16)22-17(24)14-9-13(19)3-4-15(14)20/h3-4,9,11H,5-8,10H2,1-2H3,(H,21,22,24). The average Bonchev–Trinajstić information content (AvgIpc) is 2.91. The molecule has 1 aromatic heterocycles. The van der Waals surface area contributed by atoms with Crippen molar-refractivity contribution >= 4 is 22.4 Å². The molecule has 0 spiro atoms. The number of aryl methyl sites for hydroxylation is 1. The zero-order valence-electron chi connectivity index (χ0n) is 14.3. The van der Waals surface area contributed by atoms with Gasteiger partial charge in [-0.05, 0) is 57.0 Å². The van der Waals surface area contributed by atoms with Crippen LogP contribution in [0.25, 0.3) is 0 Å². The fourth-order valence-electron chi connectivity index (χ4n) is 2.89. The van der Waals surface area contributed by atoms with Crippen LogP contribution in [0.2, 0.25) is 0 Å². The largest absolute Gasteiger partial charge is 0.298 e. The van der Waals surface area contributed by atoms with Gasteiger partial charge >= 0.3 is 0 Å². The summed E-state index contributed by atoms with van der Waals surface area (Å²) in [5.41, 5.74) is 0.540. The first-order chi connectivity index (χ1) is 11.9. The van der Waals surface area contributed by atoms with Gasteiger partial charge in [0.25, 0.3) is 5.91 Å². The van der Waals surface area contributed by atoms with Crippen molar-refractivity contribution in [3.63, 3.8) is 0 Å². The van der Waals surface area contributed by atoms with Gasteiger partial charge in [-0.3, -0.25) is 15.0 Å². The van der Waals surface area contributed by atoms with Gasteiger partial charge in [0.15, 0.2) is 5.13 Å². The molecule has 2 heterocycles. The molecule has 1 N–H and O–H groups in total. The minimum Gasteiger partial charge on any atom is -0.298 e. The van der Waals surface area contributed by atoms with E-state index in [1.54, 1.807) is 0 Å². The molecule has 3 rings (SSSR count). The van der Waals surface area contributed by atoms with Crippen molar-refractivity contribution < 1.29 is 13.6 Å². The van der Waals surface area contributed by atoms with E-state index in [1.165, 1.54) is 24.2 Å². The SMILES string of the molecule is Cc1nc(NC(=O)c2cc(F)ccc2F)sc1CN1CCC(C)CC1. The molecule has 0 atom stereocenters. The number of rotatable bonds is 4. The molecule has 4 nitrogen and oxygen atoms in total. The highest BCUT2D eigenvalue weighted by atomic mass is 32.1. The Kier molecular flexibility index (Phi) is 5.44. The minimum absolute atomic E-state index is 0.320. The molecule has 1 aliphatic rings. The van der Waals surface area contributed by atoms with Gasteiger partial charge in [-0.1, -0.05) is 6.92 Å². The fourth-order valence-corrected chi connectivity index (χ4v) is 3.89. The molecule has 0 bridgehead atoms. The Bertz CT molecular complexity index is 770. The quantitative estimate of drug-likeness (QED) is 0.883. The number of nitrogens with zero attached hydrogens (tertiary/aromatic N) is 2. The summed E-state index contributed by atoms with van der Waals surface area (Å²) in [4.78, 5) is 20.0. The molecule has 0 radical (unpaired) electrons. The maximum absolute atomic E-state index is 13.7. The topological polar surface area (TPSA) is 45.2 Å². The highest BCUT2D eigenvalue weighted by molar-refractivity contribution is 7.15. The molecule has 0 unspecified atom stereocenters. The zero-order chi connectivity index (χ0) is 18.0. The van der Waals surface area contributed by atoms with Crippen LogP contribution in [0.3, 0.4) is 0 Å². The molecule has 0 aliphatic carbocycles. The molecule has 1 aromatic carbocycles. The van der Waals surface area contributed by atoms with Crippen LogP contribution >= 0.6 is 11.3 Å². The molecular weight excluding hydrogens is 344 g/mol. The second kappa shape index (κ2) is 7.58. The number of likely N-dealkylation sites (tertiary alicyclic amines) is 1. The Labute approximate surface area is 149 Å². The second-order valence-electron chi connectivity index (χ2n) is 6.56. The van der Waals surface area contributed by atoms with Gasteiger partial charge in [0.1, 0.15) is 11.6 Å². The fraction of sp³-hybridized carbons (Fsp3) is 0.444. The Morgan fingerprint density at radius 2 is 2.08 bits per heavy atom. The Hall–Kier alpha value is -1.86. The summed E-state index contributed by atoms with van der Waals surface area (Å²) >= 11 is 1.39. The van der Waals surface area contributed by atoms with E-state index in [2.05, 4.69) is 22.1 Å². The van der Waals surface area contributed by atoms with Crippen molar-refractivity contribution in [2.45, 2.75) is 33.2 Å². The van der Waals surface area contributed by atoms with Gasteiger partial charge in [-0.2, -0.15) is 0 Å². The maximum atomic E-state index is 13.7. The Balaban J connectivity index is 1.67. The third kappa shape index (κ3) is 4.41. The highest BCUT2D eigenvalue weighted by Crippen LogP contribution is 2.26. The summed E-state index contributed by atoms with van der Waals surface area (Å²) in [6.45, 7) is 7.11. The lowest BCUT2D eigenvalue weighted by atomic mass is 9.99. The lowest BCUT2D eigenvalue weighted by Crippen LogP contribution is -2.32. The lowest BCUT2D eigenvalue weighted by molar-refractivity contribution is 0.102. The van der Waals surface area contributed by atoms with Crippen LogP contribution < -0.4 is 5.32 Å². The highest BCUT2D eigenvalue weighted by Gasteiger charge is 2.19. The minimum atomic E-state index is -0.755. The van der Waals surface area contributed by atoms with Gasteiger partial charge in [0.2, 0.25) is 0 Å². The number of carbonyl (C=O) groups is 1. The van der Waals surface area contributed by atoms with E-state index in [0.29, 0.717) is 5.13 Å².